The van der Waals surface area contributed by atoms with E-state index >= 15 is 0 Å². The van der Waals surface area contributed by atoms with E-state index in [1.807, 2.05) is 27.7 Å². The van der Waals surface area contributed by atoms with Crippen LogP contribution in [-0.2, 0) is 14.3 Å². The van der Waals surface area contributed by atoms with Gasteiger partial charge in [-0.1, -0.05) is 20.3 Å². The first-order chi connectivity index (χ1) is 10.1. The van der Waals surface area contributed by atoms with E-state index in [1.165, 1.54) is 0 Å². The van der Waals surface area contributed by atoms with Crippen LogP contribution in [0.5, 0.6) is 0 Å². The Hall–Kier alpha value is -1.30. The Morgan fingerprint density at radius 1 is 1.14 bits per heavy atom. The summed E-state index contributed by atoms with van der Waals surface area (Å²) < 4.78 is 10.6. The lowest BCUT2D eigenvalue weighted by atomic mass is 9.98. The minimum atomic E-state index is -0.612. The molecule has 6 heteroatoms. The van der Waals surface area contributed by atoms with Crippen LogP contribution in [0.2, 0.25) is 0 Å². The van der Waals surface area contributed by atoms with E-state index in [9.17, 15) is 9.59 Å². The van der Waals surface area contributed by atoms with E-state index < -0.39 is 17.7 Å². The van der Waals surface area contributed by atoms with Crippen molar-refractivity contribution in [1.29, 1.82) is 0 Å². The summed E-state index contributed by atoms with van der Waals surface area (Å²) in [7, 11) is 0. The van der Waals surface area contributed by atoms with Gasteiger partial charge in [0.05, 0.1) is 12.7 Å². The van der Waals surface area contributed by atoms with Crippen molar-refractivity contribution < 1.29 is 19.1 Å². The summed E-state index contributed by atoms with van der Waals surface area (Å²) in [6.45, 7) is 14.0. The Morgan fingerprint density at radius 3 is 2.18 bits per heavy atom. The monoisotopic (exact) mass is 316 g/mol. The molecule has 0 rings (SSSR count). The van der Waals surface area contributed by atoms with E-state index in [4.69, 9.17) is 9.47 Å². The quantitative estimate of drug-likeness (QED) is 0.674. The zero-order valence-electron chi connectivity index (χ0n) is 15.0. The van der Waals surface area contributed by atoms with Gasteiger partial charge in [0.25, 0.3) is 0 Å². The maximum atomic E-state index is 12.3. The molecule has 130 valence electrons. The minimum absolute atomic E-state index is 0.0125. The summed E-state index contributed by atoms with van der Waals surface area (Å²) in [6, 6.07) is -0.612. The zero-order chi connectivity index (χ0) is 17.3. The fourth-order valence-corrected chi connectivity index (χ4v) is 1.72. The van der Waals surface area contributed by atoms with Crippen LogP contribution in [0, 0.1) is 5.92 Å². The number of carbonyl (C=O) groups excluding carboxylic acids is 2. The van der Waals surface area contributed by atoms with Gasteiger partial charge in [-0.3, -0.25) is 4.79 Å². The molecule has 2 atom stereocenters. The maximum Gasteiger partial charge on any atom is 0.408 e. The van der Waals surface area contributed by atoms with Crippen LogP contribution in [0.1, 0.15) is 54.9 Å². The predicted octanol–water partition coefficient (Wildman–Crippen LogP) is 2.47. The number of carbonyl (C=O) groups is 2. The summed E-state index contributed by atoms with van der Waals surface area (Å²) in [4.78, 5) is 24.1. The van der Waals surface area contributed by atoms with Crippen molar-refractivity contribution >= 4 is 12.0 Å². The highest BCUT2D eigenvalue weighted by Crippen LogP contribution is 2.11. The minimum Gasteiger partial charge on any atom is -0.444 e. The number of rotatable bonds is 8. The predicted molar refractivity (Wildman–Crippen MR) is 86.7 cm³/mol. The van der Waals surface area contributed by atoms with Gasteiger partial charge in [-0.2, -0.15) is 0 Å². The van der Waals surface area contributed by atoms with Crippen LogP contribution in [0.4, 0.5) is 4.79 Å². The highest BCUT2D eigenvalue weighted by atomic mass is 16.6. The van der Waals surface area contributed by atoms with E-state index in [0.717, 1.165) is 6.42 Å². The summed E-state index contributed by atoms with van der Waals surface area (Å²) in [5.74, 6) is -0.203. The van der Waals surface area contributed by atoms with Crippen LogP contribution in [0.3, 0.4) is 0 Å². The van der Waals surface area contributed by atoms with Crippen molar-refractivity contribution in [3.05, 3.63) is 0 Å². The molecule has 0 saturated carbocycles. The van der Waals surface area contributed by atoms with Gasteiger partial charge in [-0.05, 0) is 40.5 Å². The molecule has 2 amide bonds. The number of nitrogens with one attached hydrogen (secondary N) is 2. The molecule has 0 aromatic heterocycles. The van der Waals surface area contributed by atoms with Crippen LogP contribution >= 0.6 is 0 Å². The zero-order valence-corrected chi connectivity index (χ0v) is 15.0. The van der Waals surface area contributed by atoms with E-state index in [0.29, 0.717) is 13.2 Å². The second kappa shape index (κ2) is 9.66. The first kappa shape index (κ1) is 20.7. The van der Waals surface area contributed by atoms with Gasteiger partial charge >= 0.3 is 6.09 Å². The summed E-state index contributed by atoms with van der Waals surface area (Å²) in [5.41, 5.74) is -0.592. The van der Waals surface area contributed by atoms with Crippen molar-refractivity contribution in [1.82, 2.24) is 10.6 Å². The van der Waals surface area contributed by atoms with Crippen LogP contribution < -0.4 is 10.6 Å². The molecule has 0 saturated heterocycles. The van der Waals surface area contributed by atoms with Crippen molar-refractivity contribution in [3.63, 3.8) is 0 Å². The lowest BCUT2D eigenvalue weighted by molar-refractivity contribution is -0.124. The molecule has 2 unspecified atom stereocenters. The van der Waals surface area contributed by atoms with Crippen molar-refractivity contribution in [2.24, 2.45) is 5.92 Å². The molecular weight excluding hydrogens is 284 g/mol. The average molecular weight is 316 g/mol. The Kier molecular flexibility index (Phi) is 9.09. The molecule has 22 heavy (non-hydrogen) atoms. The van der Waals surface area contributed by atoms with Gasteiger partial charge in [0, 0.05) is 6.54 Å². The molecule has 0 aromatic carbocycles. The van der Waals surface area contributed by atoms with Crippen LogP contribution in [0.25, 0.3) is 0 Å². The second-order valence-corrected chi connectivity index (χ2v) is 6.72. The second-order valence-electron chi connectivity index (χ2n) is 6.72. The third kappa shape index (κ3) is 9.60. The van der Waals surface area contributed by atoms with Crippen molar-refractivity contribution in [3.8, 4) is 0 Å². The average Bonchev–Trinajstić information content (AvgIpc) is 2.37. The topological polar surface area (TPSA) is 76.7 Å². The highest BCUT2D eigenvalue weighted by molar-refractivity contribution is 5.85. The molecule has 0 bridgehead atoms. The maximum absolute atomic E-state index is 12.3. The van der Waals surface area contributed by atoms with Gasteiger partial charge in [-0.25, -0.2) is 4.79 Å². The molecule has 0 aliphatic rings. The third-order valence-corrected chi connectivity index (χ3v) is 3.02. The lowest BCUT2D eigenvalue weighted by Gasteiger charge is -2.26. The highest BCUT2D eigenvalue weighted by Gasteiger charge is 2.27. The Bertz CT molecular complexity index is 351. The third-order valence-electron chi connectivity index (χ3n) is 3.02. The standard InChI is InChI=1S/C16H32N2O4/c1-8-12(4)13(18-15(20)22-16(5,6)7)14(19)17-9-10-21-11(2)3/h11-13H,8-10H2,1-7H3,(H,17,19)(H,18,20). The molecule has 0 radical (unpaired) electrons. The fourth-order valence-electron chi connectivity index (χ4n) is 1.72. The first-order valence-corrected chi connectivity index (χ1v) is 7.95. The molecular formula is C16H32N2O4. The summed E-state index contributed by atoms with van der Waals surface area (Å²) in [6.07, 6.45) is 0.324. The normalized spacial score (nSPS) is 14.4. The Balaban J connectivity index is 4.50. The lowest BCUT2D eigenvalue weighted by Crippen LogP contribution is -2.51. The Labute approximate surface area is 134 Å². The van der Waals surface area contributed by atoms with Crippen molar-refractivity contribution in [2.45, 2.75) is 72.6 Å². The van der Waals surface area contributed by atoms with Gasteiger partial charge < -0.3 is 20.1 Å². The fraction of sp³-hybridized carbons (Fsp3) is 0.875. The van der Waals surface area contributed by atoms with E-state index in [2.05, 4.69) is 10.6 Å². The molecule has 0 spiro atoms. The molecule has 0 heterocycles. The number of alkyl carbamates (subject to hydrolysis) is 1. The summed E-state index contributed by atoms with van der Waals surface area (Å²) in [5, 5.41) is 5.45. The largest absolute Gasteiger partial charge is 0.444 e. The number of hydrogen-bond donors (Lipinski definition) is 2. The van der Waals surface area contributed by atoms with Crippen molar-refractivity contribution in [2.75, 3.05) is 13.2 Å². The van der Waals surface area contributed by atoms with E-state index in [-0.39, 0.29) is 17.9 Å². The van der Waals surface area contributed by atoms with Gasteiger partial charge in [-0.15, -0.1) is 0 Å². The molecule has 0 fully saturated rings. The molecule has 0 aromatic rings. The van der Waals surface area contributed by atoms with Gasteiger partial charge in [0.1, 0.15) is 11.6 Å². The SMILES string of the molecule is CCC(C)C(NC(=O)OC(C)(C)C)C(=O)NCCOC(C)C. The smallest absolute Gasteiger partial charge is 0.408 e. The molecule has 6 nitrogen and oxygen atoms in total. The van der Waals surface area contributed by atoms with Gasteiger partial charge in [0.2, 0.25) is 5.91 Å². The molecule has 0 aliphatic heterocycles. The van der Waals surface area contributed by atoms with Crippen LogP contribution in [-0.4, -0.2) is 42.9 Å². The number of amides is 2. The number of hydrogen-bond acceptors (Lipinski definition) is 4. The molecule has 0 aliphatic carbocycles. The van der Waals surface area contributed by atoms with Gasteiger partial charge in [0.15, 0.2) is 0 Å². The first-order valence-electron chi connectivity index (χ1n) is 7.95. The molecule has 2 N–H and O–H groups in total. The number of ether oxygens (including phenoxy) is 2. The van der Waals surface area contributed by atoms with Crippen LogP contribution in [0.15, 0.2) is 0 Å². The Morgan fingerprint density at radius 2 is 1.73 bits per heavy atom. The summed E-state index contributed by atoms with van der Waals surface area (Å²) >= 11 is 0. The van der Waals surface area contributed by atoms with E-state index in [1.54, 1.807) is 20.8 Å².